The third-order valence-electron chi connectivity index (χ3n) is 4.01. The van der Waals surface area contributed by atoms with Gasteiger partial charge in [0, 0.05) is 24.2 Å². The quantitative estimate of drug-likeness (QED) is 0.536. The average Bonchev–Trinajstić information content (AvgIpc) is 2.77. The first kappa shape index (κ1) is 20.6. The molecular weight excluding hydrogens is 394 g/mol. The van der Waals surface area contributed by atoms with Crippen LogP contribution in [0, 0.1) is 0 Å². The Morgan fingerprint density at radius 3 is 2.38 bits per heavy atom. The van der Waals surface area contributed by atoms with Crippen LogP contribution in [-0.4, -0.2) is 46.0 Å². The van der Waals surface area contributed by atoms with Crippen molar-refractivity contribution >= 4 is 10.0 Å². The summed E-state index contributed by atoms with van der Waals surface area (Å²) in [5.41, 5.74) is 1.68. The van der Waals surface area contributed by atoms with Gasteiger partial charge in [-0.2, -0.15) is 0 Å². The fraction of sp³-hybridized carbons (Fsp3) is 0.200. The number of ether oxygens (including phenoxy) is 3. The Morgan fingerprint density at radius 2 is 1.72 bits per heavy atom. The van der Waals surface area contributed by atoms with E-state index in [9.17, 15) is 8.42 Å². The lowest BCUT2D eigenvalue weighted by atomic mass is 10.1. The number of aromatic nitrogens is 2. The summed E-state index contributed by atoms with van der Waals surface area (Å²) >= 11 is 0. The summed E-state index contributed by atoms with van der Waals surface area (Å²) in [6.07, 6.45) is 0. The van der Waals surface area contributed by atoms with Crippen molar-refractivity contribution < 1.29 is 22.6 Å². The summed E-state index contributed by atoms with van der Waals surface area (Å²) in [4.78, 5) is -0.00800. The van der Waals surface area contributed by atoms with E-state index in [0.29, 0.717) is 11.6 Å². The standard InChI is InChI=1S/C20H21N3O5S/c1-26-16-8-10-18(27-2)19(14-16)29(24,25)21-12-13-28-20-11-9-17(22-23-20)15-6-4-3-5-7-15/h3-11,14,21H,12-13H2,1-2H3. The van der Waals surface area contributed by atoms with Crippen LogP contribution in [0.2, 0.25) is 0 Å². The van der Waals surface area contributed by atoms with E-state index in [0.717, 1.165) is 11.3 Å². The van der Waals surface area contributed by atoms with Crippen molar-refractivity contribution in [3.8, 4) is 28.6 Å². The van der Waals surface area contributed by atoms with E-state index in [-0.39, 0.29) is 23.8 Å². The Balaban J connectivity index is 1.57. The third kappa shape index (κ3) is 5.21. The van der Waals surface area contributed by atoms with E-state index < -0.39 is 10.0 Å². The molecule has 3 aromatic rings. The highest BCUT2D eigenvalue weighted by atomic mass is 32.2. The van der Waals surface area contributed by atoms with Crippen molar-refractivity contribution in [2.45, 2.75) is 4.90 Å². The number of sulfonamides is 1. The van der Waals surface area contributed by atoms with Gasteiger partial charge < -0.3 is 14.2 Å². The van der Waals surface area contributed by atoms with Crippen molar-refractivity contribution in [2.75, 3.05) is 27.4 Å². The molecule has 1 aromatic heterocycles. The first-order valence-corrected chi connectivity index (χ1v) is 10.3. The van der Waals surface area contributed by atoms with Gasteiger partial charge in [-0.25, -0.2) is 13.1 Å². The molecule has 0 amide bonds. The van der Waals surface area contributed by atoms with Crippen LogP contribution in [0.4, 0.5) is 0 Å². The molecular formula is C20H21N3O5S. The molecule has 1 N–H and O–H groups in total. The maximum Gasteiger partial charge on any atom is 0.244 e. The first-order chi connectivity index (χ1) is 14.0. The zero-order valence-electron chi connectivity index (χ0n) is 16.0. The smallest absolute Gasteiger partial charge is 0.244 e. The van der Waals surface area contributed by atoms with Gasteiger partial charge in [-0.05, 0) is 18.2 Å². The number of nitrogens with zero attached hydrogens (tertiary/aromatic N) is 2. The summed E-state index contributed by atoms with van der Waals surface area (Å²) < 4.78 is 43.3. The van der Waals surface area contributed by atoms with Crippen molar-refractivity contribution in [2.24, 2.45) is 0 Å². The summed E-state index contributed by atoms with van der Waals surface area (Å²) in [5, 5.41) is 8.13. The maximum atomic E-state index is 12.6. The number of hydrogen-bond acceptors (Lipinski definition) is 7. The molecule has 0 bridgehead atoms. The molecule has 8 nitrogen and oxygen atoms in total. The first-order valence-electron chi connectivity index (χ1n) is 8.77. The highest BCUT2D eigenvalue weighted by Gasteiger charge is 2.20. The second-order valence-electron chi connectivity index (χ2n) is 5.89. The van der Waals surface area contributed by atoms with Gasteiger partial charge in [0.25, 0.3) is 0 Å². The second kappa shape index (κ2) is 9.35. The van der Waals surface area contributed by atoms with E-state index >= 15 is 0 Å². The number of rotatable bonds is 9. The Bertz CT molecular complexity index is 1040. The van der Waals surface area contributed by atoms with Gasteiger partial charge in [0.2, 0.25) is 15.9 Å². The summed E-state index contributed by atoms with van der Waals surface area (Å²) in [5.74, 6) is 0.945. The summed E-state index contributed by atoms with van der Waals surface area (Å²) in [7, 11) is -0.937. The van der Waals surface area contributed by atoms with Crippen LogP contribution >= 0.6 is 0 Å². The minimum Gasteiger partial charge on any atom is -0.497 e. The molecule has 9 heteroatoms. The number of methoxy groups -OCH3 is 2. The zero-order chi connectivity index (χ0) is 20.7. The maximum absolute atomic E-state index is 12.6. The number of hydrogen-bond donors (Lipinski definition) is 1. The molecule has 0 atom stereocenters. The van der Waals surface area contributed by atoms with Crippen molar-refractivity contribution in [3.63, 3.8) is 0 Å². The highest BCUT2D eigenvalue weighted by molar-refractivity contribution is 7.89. The minimum atomic E-state index is -3.80. The molecule has 0 radical (unpaired) electrons. The van der Waals surface area contributed by atoms with E-state index in [1.54, 1.807) is 18.2 Å². The monoisotopic (exact) mass is 415 g/mol. The molecule has 0 unspecified atom stereocenters. The Kier molecular flexibility index (Phi) is 6.63. The van der Waals surface area contributed by atoms with Crippen LogP contribution in [0.5, 0.6) is 17.4 Å². The van der Waals surface area contributed by atoms with Crippen LogP contribution in [0.3, 0.4) is 0 Å². The molecule has 0 spiro atoms. The molecule has 152 valence electrons. The van der Waals surface area contributed by atoms with Gasteiger partial charge in [0.05, 0.1) is 19.9 Å². The van der Waals surface area contributed by atoms with Crippen LogP contribution in [0.15, 0.2) is 65.6 Å². The predicted octanol–water partition coefficient (Wildman–Crippen LogP) is 2.52. The number of benzene rings is 2. The van der Waals surface area contributed by atoms with E-state index in [4.69, 9.17) is 14.2 Å². The van der Waals surface area contributed by atoms with Crippen LogP contribution in [0.25, 0.3) is 11.3 Å². The van der Waals surface area contributed by atoms with Crippen LogP contribution in [0.1, 0.15) is 0 Å². The fourth-order valence-corrected chi connectivity index (χ4v) is 3.76. The van der Waals surface area contributed by atoms with Gasteiger partial charge >= 0.3 is 0 Å². The molecule has 0 aliphatic heterocycles. The largest absolute Gasteiger partial charge is 0.497 e. The zero-order valence-corrected chi connectivity index (χ0v) is 16.8. The molecule has 3 rings (SSSR count). The molecule has 1 heterocycles. The average molecular weight is 415 g/mol. The Labute approximate surface area is 169 Å². The lowest BCUT2D eigenvalue weighted by Gasteiger charge is -2.12. The van der Waals surface area contributed by atoms with Gasteiger partial charge in [0.1, 0.15) is 23.0 Å². The topological polar surface area (TPSA) is 99.6 Å². The summed E-state index contributed by atoms with van der Waals surface area (Å²) in [6.45, 7) is 0.135. The second-order valence-corrected chi connectivity index (χ2v) is 7.62. The molecule has 0 saturated heterocycles. The molecule has 29 heavy (non-hydrogen) atoms. The molecule has 0 fully saturated rings. The van der Waals surface area contributed by atoms with Crippen molar-refractivity contribution in [1.82, 2.24) is 14.9 Å². The molecule has 0 aliphatic carbocycles. The highest BCUT2D eigenvalue weighted by Crippen LogP contribution is 2.27. The molecule has 2 aromatic carbocycles. The number of nitrogens with one attached hydrogen (secondary N) is 1. The van der Waals surface area contributed by atoms with E-state index in [1.165, 1.54) is 26.4 Å². The lowest BCUT2D eigenvalue weighted by molar-refractivity contribution is 0.307. The van der Waals surface area contributed by atoms with Gasteiger partial charge in [-0.15, -0.1) is 10.2 Å². The van der Waals surface area contributed by atoms with Crippen molar-refractivity contribution in [3.05, 3.63) is 60.7 Å². The third-order valence-corrected chi connectivity index (χ3v) is 5.50. The van der Waals surface area contributed by atoms with Crippen molar-refractivity contribution in [1.29, 1.82) is 0 Å². The van der Waals surface area contributed by atoms with Gasteiger partial charge in [0.15, 0.2) is 0 Å². The summed E-state index contributed by atoms with van der Waals surface area (Å²) in [6, 6.07) is 17.7. The minimum absolute atomic E-state index is 0.00800. The lowest BCUT2D eigenvalue weighted by Crippen LogP contribution is -2.28. The van der Waals surface area contributed by atoms with Gasteiger partial charge in [-0.3, -0.25) is 0 Å². The van der Waals surface area contributed by atoms with E-state index in [1.807, 2.05) is 30.3 Å². The molecule has 0 saturated carbocycles. The fourth-order valence-electron chi connectivity index (χ4n) is 2.56. The SMILES string of the molecule is COc1ccc(OC)c(S(=O)(=O)NCCOc2ccc(-c3ccccc3)nn2)c1. The Hall–Kier alpha value is -3.17. The van der Waals surface area contributed by atoms with Crippen LogP contribution in [-0.2, 0) is 10.0 Å². The predicted molar refractivity (Wildman–Crippen MR) is 108 cm³/mol. The normalized spacial score (nSPS) is 11.1. The van der Waals surface area contributed by atoms with Crippen LogP contribution < -0.4 is 18.9 Å². The Morgan fingerprint density at radius 1 is 0.931 bits per heavy atom. The van der Waals surface area contributed by atoms with Gasteiger partial charge in [-0.1, -0.05) is 30.3 Å². The molecule has 0 aliphatic rings. The van der Waals surface area contributed by atoms with E-state index in [2.05, 4.69) is 14.9 Å².